The Morgan fingerprint density at radius 2 is 1.71 bits per heavy atom. The van der Waals surface area contributed by atoms with Crippen molar-refractivity contribution in [1.82, 2.24) is 15.1 Å². The molecule has 1 saturated carbocycles. The molecule has 1 aromatic rings. The van der Waals surface area contributed by atoms with Gasteiger partial charge in [0.05, 0.1) is 13.0 Å². The van der Waals surface area contributed by atoms with Crippen LogP contribution >= 0.6 is 23.2 Å². The smallest absolute Gasteiger partial charge is 0.234 e. The van der Waals surface area contributed by atoms with Crippen molar-refractivity contribution in [1.29, 1.82) is 0 Å². The predicted molar refractivity (Wildman–Crippen MR) is 94.4 cm³/mol. The van der Waals surface area contributed by atoms with Crippen molar-refractivity contribution in [2.75, 3.05) is 32.7 Å². The molecule has 3 rings (SSSR count). The molecule has 2 fully saturated rings. The van der Waals surface area contributed by atoms with Crippen molar-refractivity contribution in [3.05, 3.63) is 33.8 Å². The fourth-order valence-electron chi connectivity index (χ4n) is 2.82. The lowest BCUT2D eigenvalue weighted by Crippen LogP contribution is -2.51. The quantitative estimate of drug-likeness (QED) is 0.862. The lowest BCUT2D eigenvalue weighted by Gasteiger charge is -2.34. The van der Waals surface area contributed by atoms with E-state index in [9.17, 15) is 9.59 Å². The monoisotopic (exact) mass is 369 g/mol. The number of carbonyl (C=O) groups is 2. The fourth-order valence-corrected chi connectivity index (χ4v) is 3.35. The van der Waals surface area contributed by atoms with Gasteiger partial charge in [0.2, 0.25) is 11.8 Å². The molecule has 2 aliphatic rings. The number of carbonyl (C=O) groups excluding carboxylic acids is 2. The Hall–Kier alpha value is -1.30. The largest absolute Gasteiger partial charge is 0.352 e. The molecule has 1 N–H and O–H groups in total. The molecule has 0 spiro atoms. The Bertz CT molecular complexity index is 606. The predicted octanol–water partition coefficient (Wildman–Crippen LogP) is 1.96. The highest BCUT2D eigenvalue weighted by Crippen LogP contribution is 2.25. The first-order valence-electron chi connectivity index (χ1n) is 8.25. The van der Waals surface area contributed by atoms with Gasteiger partial charge in [0.25, 0.3) is 0 Å². The van der Waals surface area contributed by atoms with E-state index in [1.165, 1.54) is 0 Å². The Labute approximate surface area is 151 Å². The van der Waals surface area contributed by atoms with E-state index in [1.807, 2.05) is 4.90 Å². The van der Waals surface area contributed by atoms with Crippen LogP contribution < -0.4 is 5.32 Å². The van der Waals surface area contributed by atoms with Crippen LogP contribution in [0.15, 0.2) is 18.2 Å². The average molecular weight is 370 g/mol. The Morgan fingerprint density at radius 1 is 1.08 bits per heavy atom. The molecule has 24 heavy (non-hydrogen) atoms. The summed E-state index contributed by atoms with van der Waals surface area (Å²) in [5, 5.41) is 4.03. The van der Waals surface area contributed by atoms with E-state index in [1.54, 1.807) is 18.2 Å². The molecule has 0 atom stereocenters. The van der Waals surface area contributed by atoms with Crippen molar-refractivity contribution < 1.29 is 9.59 Å². The summed E-state index contributed by atoms with van der Waals surface area (Å²) < 4.78 is 0. The normalized spacial score (nSPS) is 18.5. The number of nitrogens with zero attached hydrogens (tertiary/aromatic N) is 2. The summed E-state index contributed by atoms with van der Waals surface area (Å²) in [5.41, 5.74) is 0.678. The first-order chi connectivity index (χ1) is 11.5. The van der Waals surface area contributed by atoms with Crippen LogP contribution in [0.25, 0.3) is 0 Å². The molecule has 1 aromatic carbocycles. The third-order valence-electron chi connectivity index (χ3n) is 4.42. The van der Waals surface area contributed by atoms with Crippen LogP contribution in [-0.4, -0.2) is 60.4 Å². The zero-order valence-corrected chi connectivity index (χ0v) is 14.9. The zero-order chi connectivity index (χ0) is 17.1. The summed E-state index contributed by atoms with van der Waals surface area (Å²) in [7, 11) is 0. The Kier molecular flexibility index (Phi) is 5.64. The molecule has 0 unspecified atom stereocenters. The molecule has 1 aliphatic heterocycles. The van der Waals surface area contributed by atoms with Crippen molar-refractivity contribution in [3.63, 3.8) is 0 Å². The van der Waals surface area contributed by atoms with Gasteiger partial charge in [0, 0.05) is 42.3 Å². The SMILES string of the molecule is O=C(CN1CCN(C(=O)Cc2c(Cl)cccc2Cl)CC1)NC1CC1. The van der Waals surface area contributed by atoms with Gasteiger partial charge < -0.3 is 10.2 Å². The van der Waals surface area contributed by atoms with E-state index in [-0.39, 0.29) is 18.2 Å². The second kappa shape index (κ2) is 7.72. The molecule has 0 bridgehead atoms. The molecule has 7 heteroatoms. The third kappa shape index (κ3) is 4.62. The van der Waals surface area contributed by atoms with Gasteiger partial charge in [-0.3, -0.25) is 14.5 Å². The number of benzene rings is 1. The van der Waals surface area contributed by atoms with E-state index in [0.717, 1.165) is 12.8 Å². The minimum atomic E-state index is 0.0204. The molecule has 1 heterocycles. The van der Waals surface area contributed by atoms with Gasteiger partial charge >= 0.3 is 0 Å². The highest BCUT2D eigenvalue weighted by molar-refractivity contribution is 6.36. The number of amides is 2. The summed E-state index contributed by atoms with van der Waals surface area (Å²) in [6.07, 6.45) is 2.40. The second-order valence-electron chi connectivity index (χ2n) is 6.38. The molecule has 130 valence electrons. The van der Waals surface area contributed by atoms with E-state index < -0.39 is 0 Å². The number of rotatable bonds is 5. The molecule has 1 aliphatic carbocycles. The molecule has 2 amide bonds. The average Bonchev–Trinajstić information content (AvgIpc) is 3.35. The molecule has 1 saturated heterocycles. The minimum absolute atomic E-state index is 0.0204. The van der Waals surface area contributed by atoms with Crippen LogP contribution in [0.2, 0.25) is 10.0 Å². The number of halogens is 2. The van der Waals surface area contributed by atoms with Gasteiger partial charge in [0.1, 0.15) is 0 Å². The van der Waals surface area contributed by atoms with Crippen LogP contribution in [0.3, 0.4) is 0 Å². The third-order valence-corrected chi connectivity index (χ3v) is 5.13. The van der Waals surface area contributed by atoms with Gasteiger partial charge in [-0.05, 0) is 30.5 Å². The van der Waals surface area contributed by atoms with Crippen LogP contribution in [0.4, 0.5) is 0 Å². The van der Waals surface area contributed by atoms with E-state index in [0.29, 0.717) is 54.4 Å². The fraction of sp³-hybridized carbons (Fsp3) is 0.529. The summed E-state index contributed by atoms with van der Waals surface area (Å²) in [4.78, 5) is 28.2. The summed E-state index contributed by atoms with van der Waals surface area (Å²) >= 11 is 12.3. The van der Waals surface area contributed by atoms with Crippen molar-refractivity contribution in [3.8, 4) is 0 Å². The Balaban J connectivity index is 1.47. The van der Waals surface area contributed by atoms with E-state index in [2.05, 4.69) is 10.2 Å². The van der Waals surface area contributed by atoms with Crippen LogP contribution in [0, 0.1) is 0 Å². The van der Waals surface area contributed by atoms with E-state index in [4.69, 9.17) is 23.2 Å². The van der Waals surface area contributed by atoms with Gasteiger partial charge in [-0.25, -0.2) is 0 Å². The van der Waals surface area contributed by atoms with Gasteiger partial charge in [-0.1, -0.05) is 29.3 Å². The van der Waals surface area contributed by atoms with Crippen LogP contribution in [0.5, 0.6) is 0 Å². The molecular formula is C17H21Cl2N3O2. The summed E-state index contributed by atoms with van der Waals surface area (Å²) in [6.45, 7) is 3.07. The maximum Gasteiger partial charge on any atom is 0.234 e. The maximum absolute atomic E-state index is 12.5. The van der Waals surface area contributed by atoms with Crippen LogP contribution in [-0.2, 0) is 16.0 Å². The zero-order valence-electron chi connectivity index (χ0n) is 13.4. The first-order valence-corrected chi connectivity index (χ1v) is 9.01. The molecule has 5 nitrogen and oxygen atoms in total. The number of piperazine rings is 1. The number of hydrogen-bond acceptors (Lipinski definition) is 3. The molecular weight excluding hydrogens is 349 g/mol. The number of nitrogens with one attached hydrogen (secondary N) is 1. The minimum Gasteiger partial charge on any atom is -0.352 e. The lowest BCUT2D eigenvalue weighted by atomic mass is 10.1. The lowest BCUT2D eigenvalue weighted by molar-refractivity contribution is -0.132. The summed E-state index contributed by atoms with van der Waals surface area (Å²) in [6, 6.07) is 5.64. The van der Waals surface area contributed by atoms with Crippen molar-refractivity contribution in [2.24, 2.45) is 0 Å². The highest BCUT2D eigenvalue weighted by atomic mass is 35.5. The first kappa shape index (κ1) is 17.5. The maximum atomic E-state index is 12.5. The topological polar surface area (TPSA) is 52.7 Å². The van der Waals surface area contributed by atoms with Crippen molar-refractivity contribution >= 4 is 35.0 Å². The number of hydrogen-bond donors (Lipinski definition) is 1. The standard InChI is InChI=1S/C17H21Cl2N3O2/c18-14-2-1-3-15(19)13(14)10-17(24)22-8-6-21(7-9-22)11-16(23)20-12-4-5-12/h1-3,12H,4-11H2,(H,20,23). The molecule has 0 aromatic heterocycles. The van der Waals surface area contributed by atoms with Crippen molar-refractivity contribution in [2.45, 2.75) is 25.3 Å². The highest BCUT2D eigenvalue weighted by Gasteiger charge is 2.26. The van der Waals surface area contributed by atoms with Gasteiger partial charge in [-0.2, -0.15) is 0 Å². The van der Waals surface area contributed by atoms with Gasteiger partial charge in [0.15, 0.2) is 0 Å². The summed E-state index contributed by atoms with van der Waals surface area (Å²) in [5.74, 6) is 0.104. The second-order valence-corrected chi connectivity index (χ2v) is 7.19. The van der Waals surface area contributed by atoms with Crippen LogP contribution in [0.1, 0.15) is 18.4 Å². The molecule has 0 radical (unpaired) electrons. The Morgan fingerprint density at radius 3 is 2.29 bits per heavy atom. The van der Waals surface area contributed by atoms with Gasteiger partial charge in [-0.15, -0.1) is 0 Å². The van der Waals surface area contributed by atoms with E-state index >= 15 is 0 Å².